The number of hydrogen-bond donors (Lipinski definition) is 1. The van der Waals surface area contributed by atoms with Crippen LogP contribution in [-0.2, 0) is 12.3 Å². The zero-order valence-electron chi connectivity index (χ0n) is 10.2. The van der Waals surface area contributed by atoms with Gasteiger partial charge in [-0.3, -0.25) is 4.79 Å². The van der Waals surface area contributed by atoms with Crippen LogP contribution in [-0.4, -0.2) is 9.78 Å². The van der Waals surface area contributed by atoms with Gasteiger partial charge in [0.15, 0.2) is 0 Å². The van der Waals surface area contributed by atoms with Crippen LogP contribution in [0.5, 0.6) is 0 Å². The van der Waals surface area contributed by atoms with E-state index in [0.29, 0.717) is 18.2 Å². The molecule has 0 aliphatic heterocycles. The molecule has 0 unspecified atom stereocenters. The van der Waals surface area contributed by atoms with Crippen LogP contribution in [0.15, 0.2) is 10.9 Å². The largest absolute Gasteiger partial charge is 0.270 e. The molecule has 0 saturated carbocycles. The quantitative estimate of drug-likeness (QED) is 0.803. The Morgan fingerprint density at radius 1 is 1.50 bits per heavy atom. The molecule has 0 aliphatic rings. The fraction of sp³-hybridized carbons (Fsp3) is 0.667. The first-order valence-electron chi connectivity index (χ1n) is 5.82. The van der Waals surface area contributed by atoms with Crippen molar-refractivity contribution in [1.82, 2.24) is 9.78 Å². The van der Waals surface area contributed by atoms with Crippen LogP contribution in [0, 0.1) is 0 Å². The molecular formula is C12H20N2OS. The highest BCUT2D eigenvalue weighted by molar-refractivity contribution is 7.79. The van der Waals surface area contributed by atoms with E-state index in [2.05, 4.69) is 38.5 Å². The van der Waals surface area contributed by atoms with Gasteiger partial charge in [0.05, 0.1) is 5.69 Å². The second-order valence-corrected chi connectivity index (χ2v) is 4.61. The predicted molar refractivity (Wildman–Crippen MR) is 70.2 cm³/mol. The van der Waals surface area contributed by atoms with Gasteiger partial charge in [-0.1, -0.05) is 27.2 Å². The van der Waals surface area contributed by atoms with E-state index in [1.807, 2.05) is 6.07 Å². The molecule has 0 aliphatic carbocycles. The van der Waals surface area contributed by atoms with Gasteiger partial charge in [0, 0.05) is 17.9 Å². The van der Waals surface area contributed by atoms with Crippen LogP contribution >= 0.6 is 12.6 Å². The monoisotopic (exact) mass is 240 g/mol. The summed E-state index contributed by atoms with van der Waals surface area (Å²) in [5.74, 6) is 0.819. The normalized spacial score (nSPS) is 11.1. The van der Waals surface area contributed by atoms with Crippen molar-refractivity contribution in [3.8, 4) is 0 Å². The van der Waals surface area contributed by atoms with Crippen LogP contribution in [0.3, 0.4) is 0 Å². The molecule has 90 valence electrons. The summed E-state index contributed by atoms with van der Waals surface area (Å²) < 4.78 is 1.59. The molecule has 1 aromatic rings. The summed E-state index contributed by atoms with van der Waals surface area (Å²) in [6, 6.07) is 1.88. The summed E-state index contributed by atoms with van der Waals surface area (Å²) in [7, 11) is 0. The fourth-order valence-electron chi connectivity index (χ4n) is 1.47. The van der Waals surface area contributed by atoms with Crippen LogP contribution in [0.4, 0.5) is 0 Å². The Labute approximate surface area is 102 Å². The predicted octanol–water partition coefficient (Wildman–Crippen LogP) is 2.60. The molecule has 0 saturated heterocycles. The molecule has 0 amide bonds. The van der Waals surface area contributed by atoms with Crippen molar-refractivity contribution < 1.29 is 0 Å². The molecule has 0 fully saturated rings. The first kappa shape index (κ1) is 13.3. The minimum atomic E-state index is 0.00727. The van der Waals surface area contributed by atoms with Gasteiger partial charge in [0.1, 0.15) is 0 Å². The third-order valence-corrected chi connectivity index (χ3v) is 2.89. The number of aromatic nitrogens is 2. The van der Waals surface area contributed by atoms with E-state index >= 15 is 0 Å². The maximum Gasteiger partial charge on any atom is 0.270 e. The summed E-state index contributed by atoms with van der Waals surface area (Å²) in [6.45, 7) is 6.98. The van der Waals surface area contributed by atoms with Gasteiger partial charge in [-0.25, -0.2) is 4.68 Å². The smallest absolute Gasteiger partial charge is 0.267 e. The highest BCUT2D eigenvalue weighted by atomic mass is 32.1. The van der Waals surface area contributed by atoms with E-state index in [-0.39, 0.29) is 5.56 Å². The minimum Gasteiger partial charge on any atom is -0.267 e. The number of thiol groups is 1. The van der Waals surface area contributed by atoms with Crippen molar-refractivity contribution in [3.05, 3.63) is 27.7 Å². The Balaban J connectivity index is 3.14. The lowest BCUT2D eigenvalue weighted by atomic mass is 10.1. The van der Waals surface area contributed by atoms with Crippen molar-refractivity contribution in [2.45, 2.75) is 51.8 Å². The Hall–Kier alpha value is -0.770. The molecule has 16 heavy (non-hydrogen) atoms. The number of nitrogens with zero attached hydrogens (tertiary/aromatic N) is 2. The molecule has 1 heterocycles. The summed E-state index contributed by atoms with van der Waals surface area (Å²) in [5.41, 5.74) is 1.73. The van der Waals surface area contributed by atoms with Gasteiger partial charge in [0.2, 0.25) is 0 Å². The molecule has 4 heteroatoms. The molecule has 0 bridgehead atoms. The van der Waals surface area contributed by atoms with Gasteiger partial charge in [-0.05, 0) is 18.4 Å². The van der Waals surface area contributed by atoms with E-state index < -0.39 is 0 Å². The van der Waals surface area contributed by atoms with E-state index in [1.54, 1.807) is 4.68 Å². The summed E-state index contributed by atoms with van der Waals surface area (Å²) in [6.07, 6.45) is 2.05. The Bertz CT molecular complexity index is 398. The maximum atomic E-state index is 11.9. The maximum absolute atomic E-state index is 11.9. The molecule has 0 radical (unpaired) electrons. The Morgan fingerprint density at radius 2 is 2.19 bits per heavy atom. The van der Waals surface area contributed by atoms with Crippen molar-refractivity contribution in [2.24, 2.45) is 0 Å². The molecule has 1 rings (SSSR count). The third kappa shape index (κ3) is 3.11. The zero-order chi connectivity index (χ0) is 12.1. The zero-order valence-corrected chi connectivity index (χ0v) is 11.1. The average Bonchev–Trinajstić information content (AvgIpc) is 2.27. The standard InChI is InChI=1S/C12H20N2OS/c1-4-5-6-14-12(15)10(8-16)7-11(13-14)9(2)3/h7,9,16H,4-6,8H2,1-3H3. The van der Waals surface area contributed by atoms with E-state index in [0.717, 1.165) is 24.1 Å². The highest BCUT2D eigenvalue weighted by Crippen LogP contribution is 2.11. The van der Waals surface area contributed by atoms with Gasteiger partial charge in [0.25, 0.3) is 5.56 Å². The molecular weight excluding hydrogens is 220 g/mol. The molecule has 0 spiro atoms. The molecule has 1 aromatic heterocycles. The molecule has 3 nitrogen and oxygen atoms in total. The molecule has 0 aromatic carbocycles. The number of rotatable bonds is 5. The Morgan fingerprint density at radius 3 is 2.69 bits per heavy atom. The van der Waals surface area contributed by atoms with Gasteiger partial charge < -0.3 is 0 Å². The van der Waals surface area contributed by atoms with Crippen LogP contribution < -0.4 is 5.56 Å². The van der Waals surface area contributed by atoms with E-state index in [1.165, 1.54) is 0 Å². The highest BCUT2D eigenvalue weighted by Gasteiger charge is 2.09. The average molecular weight is 240 g/mol. The summed E-state index contributed by atoms with van der Waals surface area (Å²) in [4.78, 5) is 11.9. The molecule has 0 atom stereocenters. The van der Waals surface area contributed by atoms with E-state index in [4.69, 9.17) is 0 Å². The molecule has 0 N–H and O–H groups in total. The van der Waals surface area contributed by atoms with E-state index in [9.17, 15) is 4.79 Å². The fourth-order valence-corrected chi connectivity index (χ4v) is 1.70. The third-order valence-electron chi connectivity index (χ3n) is 2.55. The van der Waals surface area contributed by atoms with Gasteiger partial charge in [-0.15, -0.1) is 0 Å². The van der Waals surface area contributed by atoms with Crippen LogP contribution in [0.25, 0.3) is 0 Å². The van der Waals surface area contributed by atoms with Gasteiger partial charge in [-0.2, -0.15) is 17.7 Å². The van der Waals surface area contributed by atoms with Crippen molar-refractivity contribution in [1.29, 1.82) is 0 Å². The Kier molecular flexibility index (Phi) is 5.06. The first-order valence-corrected chi connectivity index (χ1v) is 6.45. The lowest BCUT2D eigenvalue weighted by Gasteiger charge is -2.11. The summed E-state index contributed by atoms with van der Waals surface area (Å²) in [5, 5.41) is 4.39. The lowest BCUT2D eigenvalue weighted by molar-refractivity contribution is 0.523. The minimum absolute atomic E-state index is 0.00727. The number of aryl methyl sites for hydroxylation is 1. The topological polar surface area (TPSA) is 34.9 Å². The van der Waals surface area contributed by atoms with Crippen LogP contribution in [0.2, 0.25) is 0 Å². The van der Waals surface area contributed by atoms with Crippen molar-refractivity contribution >= 4 is 12.6 Å². The van der Waals surface area contributed by atoms with Crippen molar-refractivity contribution in [2.75, 3.05) is 0 Å². The first-order chi connectivity index (χ1) is 7.60. The van der Waals surface area contributed by atoms with Crippen LogP contribution in [0.1, 0.15) is 50.8 Å². The number of unbranched alkanes of at least 4 members (excludes halogenated alkanes) is 1. The SMILES string of the molecule is CCCCn1nc(C(C)C)cc(CS)c1=O. The second-order valence-electron chi connectivity index (χ2n) is 4.29. The lowest BCUT2D eigenvalue weighted by Crippen LogP contribution is -2.27. The van der Waals surface area contributed by atoms with Gasteiger partial charge >= 0.3 is 0 Å². The number of hydrogen-bond acceptors (Lipinski definition) is 3. The second kappa shape index (κ2) is 6.09. The summed E-state index contributed by atoms with van der Waals surface area (Å²) >= 11 is 4.19. The van der Waals surface area contributed by atoms with Crippen molar-refractivity contribution in [3.63, 3.8) is 0 Å².